The fourth-order valence-electron chi connectivity index (χ4n) is 0.754. The Labute approximate surface area is 87.8 Å². The third-order valence-electron chi connectivity index (χ3n) is 1.23. The van der Waals surface area contributed by atoms with E-state index in [2.05, 4.69) is 43.2 Å². The van der Waals surface area contributed by atoms with Gasteiger partial charge in [-0.25, -0.2) is 0 Å². The summed E-state index contributed by atoms with van der Waals surface area (Å²) in [6.07, 6.45) is 0. The minimum absolute atomic E-state index is 0. The van der Waals surface area contributed by atoms with E-state index in [0.717, 1.165) is 0 Å². The van der Waals surface area contributed by atoms with Crippen molar-refractivity contribution in [3.05, 3.63) is 35.9 Å². The number of hydrogen-bond donors (Lipinski definition) is 0. The van der Waals surface area contributed by atoms with Gasteiger partial charge in [0.1, 0.15) is 0 Å². The summed E-state index contributed by atoms with van der Waals surface area (Å²) in [6.45, 7) is 0. The summed E-state index contributed by atoms with van der Waals surface area (Å²) in [5.41, 5.74) is 1.46. The maximum Gasteiger partial charge on any atom is 0.473 e. The lowest BCUT2D eigenvalue weighted by atomic mass is 10.2. The van der Waals surface area contributed by atoms with Crippen molar-refractivity contribution >= 4 is 48.1 Å². The topological polar surface area (TPSA) is 0 Å². The van der Waals surface area contributed by atoms with Gasteiger partial charge < -0.3 is 12.9 Å². The zero-order chi connectivity index (χ0) is 6.53. The normalized spacial score (nSPS) is 7.70. The van der Waals surface area contributed by atoms with Crippen LogP contribution in [-0.4, -0.2) is 18.2 Å². The minimum Gasteiger partial charge on any atom is -0.306 e. The number of rotatable bonds is 2. The molecule has 0 aliphatic heterocycles. The van der Waals surface area contributed by atoms with Crippen LogP contribution in [0.2, 0.25) is 0 Å². The highest BCUT2D eigenvalue weighted by atomic mass is 79.9. The maximum absolute atomic E-state index is 3.52. The molecule has 0 saturated carbocycles. The van der Waals surface area contributed by atoms with E-state index >= 15 is 0 Å². The van der Waals surface area contributed by atoms with Crippen molar-refractivity contribution in [2.45, 2.75) is 4.55 Å². The zero-order valence-electron chi connectivity index (χ0n) is 5.59. The van der Waals surface area contributed by atoms with Crippen molar-refractivity contribution < 1.29 is 0 Å². The first-order valence-electron chi connectivity index (χ1n) is 3.03. The third kappa shape index (κ3) is 3.96. The van der Waals surface area contributed by atoms with Gasteiger partial charge in [-0.05, 0) is 0 Å². The van der Waals surface area contributed by atoms with Gasteiger partial charge in [-0.2, -0.15) is 0 Å². The van der Waals surface area contributed by atoms with Crippen LogP contribution in [0.25, 0.3) is 0 Å². The zero-order valence-corrected chi connectivity index (χ0v) is 10.3. The number of hydrogen-bond acceptors (Lipinski definition) is 0. The monoisotopic (exact) mass is 274 g/mol. The second-order valence-corrected chi connectivity index (χ2v) is 5.18. The van der Waals surface area contributed by atoms with Gasteiger partial charge >= 0.3 is 18.2 Å². The standard InChI is InChI=1S/C7H7.2BrH.Mg/c1-7-5-3-2-4-6-7;;;/h2-6H,1H2;2*1H;/q;;;+1/p-1. The molecule has 0 unspecified atom stereocenters. The largest absolute Gasteiger partial charge is 0.473 e. The maximum atomic E-state index is 3.52. The molecule has 0 heterocycles. The molecular formula is C7H8Br2Mg. The van der Waals surface area contributed by atoms with Crippen LogP contribution < -0.4 is 0 Å². The molecule has 0 spiro atoms. The van der Waals surface area contributed by atoms with Crippen molar-refractivity contribution in [1.29, 1.82) is 0 Å². The summed E-state index contributed by atoms with van der Waals surface area (Å²) in [7, 11) is 0. The third-order valence-corrected chi connectivity index (χ3v) is 3.18. The molecule has 10 heavy (non-hydrogen) atoms. The molecule has 0 nitrogen and oxygen atoms in total. The Morgan fingerprint density at radius 1 is 1.20 bits per heavy atom. The van der Waals surface area contributed by atoms with Crippen molar-refractivity contribution in [1.82, 2.24) is 0 Å². The second kappa shape index (κ2) is 6.64. The quantitative estimate of drug-likeness (QED) is 0.729. The molecule has 52 valence electrons. The van der Waals surface area contributed by atoms with Crippen LogP contribution in [0.4, 0.5) is 0 Å². The van der Waals surface area contributed by atoms with Crippen molar-refractivity contribution in [2.75, 3.05) is 0 Å². The van der Waals surface area contributed by atoms with Crippen LogP contribution >= 0.6 is 29.9 Å². The van der Waals surface area contributed by atoms with E-state index in [-0.39, 0.29) is 35.2 Å². The molecule has 0 fully saturated rings. The Morgan fingerprint density at radius 3 is 2.30 bits per heavy atom. The van der Waals surface area contributed by atoms with E-state index in [1.54, 1.807) is 0 Å². The highest BCUT2D eigenvalue weighted by Crippen LogP contribution is 1.98. The van der Waals surface area contributed by atoms with Crippen LogP contribution in [0.5, 0.6) is 0 Å². The lowest BCUT2D eigenvalue weighted by Crippen LogP contribution is -1.85. The molecule has 1 rings (SSSR count). The summed E-state index contributed by atoms with van der Waals surface area (Å²) in [6, 6.07) is 10.6. The lowest BCUT2D eigenvalue weighted by molar-refractivity contribution is 1.40. The molecule has 0 saturated heterocycles. The average molecular weight is 276 g/mol. The van der Waals surface area contributed by atoms with Gasteiger partial charge in [0, 0.05) is 0 Å². The molecule has 0 aliphatic carbocycles. The molecule has 0 N–H and O–H groups in total. The Morgan fingerprint density at radius 2 is 1.80 bits per heavy atom. The fourth-order valence-corrected chi connectivity index (χ4v) is 2.68. The summed E-state index contributed by atoms with van der Waals surface area (Å²) in [5.74, 6) is 0. The SMILES string of the molecule is Br.[Br][Mg][CH2]c1ccccc1. The van der Waals surface area contributed by atoms with E-state index in [1.165, 1.54) is 10.1 Å². The Balaban J connectivity index is 0.000000810. The number of halogens is 2. The number of benzene rings is 1. The summed E-state index contributed by atoms with van der Waals surface area (Å²) < 4.78 is 1.26. The van der Waals surface area contributed by atoms with E-state index < -0.39 is 0 Å². The van der Waals surface area contributed by atoms with Gasteiger partial charge in [-0.1, -0.05) is 35.9 Å². The average Bonchev–Trinajstić information content (AvgIpc) is 1.91. The minimum atomic E-state index is 0. The highest BCUT2D eigenvalue weighted by Gasteiger charge is 1.90. The molecule has 3 heteroatoms. The first kappa shape index (κ1) is 10.9. The van der Waals surface area contributed by atoms with Gasteiger partial charge in [0.15, 0.2) is 0 Å². The molecule has 0 atom stereocenters. The van der Waals surface area contributed by atoms with Crippen molar-refractivity contribution in [3.8, 4) is 0 Å². The first-order valence-corrected chi connectivity index (χ1v) is 7.93. The molecular weight excluding hydrogens is 268 g/mol. The molecule has 0 aromatic heterocycles. The summed E-state index contributed by atoms with van der Waals surface area (Å²) >= 11 is 3.55. The van der Waals surface area contributed by atoms with Crippen LogP contribution in [-0.2, 0) is 4.55 Å². The van der Waals surface area contributed by atoms with Gasteiger partial charge in [-0.15, -0.1) is 21.5 Å². The van der Waals surface area contributed by atoms with Crippen LogP contribution in [0.1, 0.15) is 5.56 Å². The van der Waals surface area contributed by atoms with Gasteiger partial charge in [0.2, 0.25) is 0 Å². The molecule has 1 aromatic carbocycles. The molecule has 0 radical (unpaired) electrons. The van der Waals surface area contributed by atoms with E-state index in [0.29, 0.717) is 0 Å². The molecule has 0 aliphatic rings. The van der Waals surface area contributed by atoms with Crippen molar-refractivity contribution in [2.24, 2.45) is 0 Å². The van der Waals surface area contributed by atoms with Crippen LogP contribution in [0.3, 0.4) is 0 Å². The smallest absolute Gasteiger partial charge is 0.306 e. The van der Waals surface area contributed by atoms with Crippen molar-refractivity contribution in [3.63, 3.8) is 0 Å². The van der Waals surface area contributed by atoms with Gasteiger partial charge in [0.25, 0.3) is 0 Å². The van der Waals surface area contributed by atoms with E-state index in [4.69, 9.17) is 0 Å². The van der Waals surface area contributed by atoms with E-state index in [9.17, 15) is 0 Å². The predicted octanol–water partition coefficient (Wildman–Crippen LogP) is 2.78. The highest BCUT2D eigenvalue weighted by molar-refractivity contribution is 9.23. The first-order chi connectivity index (χ1) is 4.43. The summed E-state index contributed by atoms with van der Waals surface area (Å²) in [4.78, 5) is 0. The Hall–Kier alpha value is 0.946. The fraction of sp³-hybridized carbons (Fsp3) is 0.143. The molecule has 0 bridgehead atoms. The predicted molar refractivity (Wildman–Crippen MR) is 55.1 cm³/mol. The van der Waals surface area contributed by atoms with Crippen LogP contribution in [0, 0.1) is 0 Å². The van der Waals surface area contributed by atoms with Crippen LogP contribution in [0.15, 0.2) is 30.3 Å². The summed E-state index contributed by atoms with van der Waals surface area (Å²) in [5, 5.41) is 0. The van der Waals surface area contributed by atoms with E-state index in [1.807, 2.05) is 0 Å². The Kier molecular flexibility index (Phi) is 7.27. The van der Waals surface area contributed by atoms with Gasteiger partial charge in [0.05, 0.1) is 0 Å². The lowest BCUT2D eigenvalue weighted by Gasteiger charge is -1.92. The Bertz CT molecular complexity index is 165. The van der Waals surface area contributed by atoms with Gasteiger partial charge in [-0.3, -0.25) is 0 Å². The molecule has 1 aromatic rings. The molecule has 0 amide bonds. The second-order valence-electron chi connectivity index (χ2n) is 1.92.